The lowest BCUT2D eigenvalue weighted by molar-refractivity contribution is 0.419. The molecule has 3 aromatic rings. The predicted octanol–water partition coefficient (Wildman–Crippen LogP) is 4.57. The summed E-state index contributed by atoms with van der Waals surface area (Å²) in [5, 5.41) is 1.11. The van der Waals surface area contributed by atoms with E-state index in [2.05, 4.69) is 23.2 Å². The maximum absolute atomic E-state index is 5.40. The molecule has 0 aliphatic carbocycles. The van der Waals surface area contributed by atoms with Gasteiger partial charge in [0.05, 0.1) is 12.6 Å². The van der Waals surface area contributed by atoms with Crippen molar-refractivity contribution in [3.8, 4) is 16.9 Å². The molecule has 1 aromatic heterocycles. The highest BCUT2D eigenvalue weighted by Gasteiger charge is 2.07. The first-order valence-electron chi connectivity index (χ1n) is 6.05. The highest BCUT2D eigenvalue weighted by molar-refractivity contribution is 7.71. The lowest BCUT2D eigenvalue weighted by atomic mass is 10.0. The molecule has 0 aliphatic heterocycles. The number of pyridine rings is 1. The minimum atomic E-state index is 0.704. The number of aromatic nitrogens is 1. The molecule has 2 nitrogen and oxygen atoms in total. The number of fused-ring (bicyclic) bond motifs is 1. The molecule has 94 valence electrons. The summed E-state index contributed by atoms with van der Waals surface area (Å²) in [4.78, 5) is 3.21. The van der Waals surface area contributed by atoms with Crippen LogP contribution in [0.25, 0.3) is 22.0 Å². The van der Waals surface area contributed by atoms with E-state index in [0.717, 1.165) is 27.8 Å². The van der Waals surface area contributed by atoms with Gasteiger partial charge in [0, 0.05) is 5.39 Å². The summed E-state index contributed by atoms with van der Waals surface area (Å²) in [6.07, 6.45) is 0. The Morgan fingerprint density at radius 1 is 1.00 bits per heavy atom. The third-order valence-electron chi connectivity index (χ3n) is 3.14. The number of nitrogens with one attached hydrogen (secondary N) is 1. The SMILES string of the molecule is COc1cccc2c(-c3ccccc3)cc(=S)[nH]c12. The summed E-state index contributed by atoms with van der Waals surface area (Å²) in [6, 6.07) is 18.2. The van der Waals surface area contributed by atoms with Gasteiger partial charge in [0.2, 0.25) is 0 Å². The number of rotatable bonds is 2. The van der Waals surface area contributed by atoms with Crippen molar-refractivity contribution in [3.05, 3.63) is 59.2 Å². The molecule has 3 heteroatoms. The first-order valence-corrected chi connectivity index (χ1v) is 6.46. The van der Waals surface area contributed by atoms with Crippen molar-refractivity contribution in [2.75, 3.05) is 7.11 Å². The lowest BCUT2D eigenvalue weighted by Crippen LogP contribution is -1.90. The van der Waals surface area contributed by atoms with Crippen molar-refractivity contribution in [1.82, 2.24) is 4.98 Å². The molecule has 3 rings (SSSR count). The topological polar surface area (TPSA) is 25.0 Å². The average molecular weight is 267 g/mol. The molecule has 19 heavy (non-hydrogen) atoms. The van der Waals surface area contributed by atoms with Crippen LogP contribution in [0.2, 0.25) is 0 Å². The van der Waals surface area contributed by atoms with Crippen LogP contribution in [0.15, 0.2) is 54.6 Å². The van der Waals surface area contributed by atoms with E-state index in [1.807, 2.05) is 36.4 Å². The molecule has 1 N–H and O–H groups in total. The van der Waals surface area contributed by atoms with Crippen molar-refractivity contribution in [2.45, 2.75) is 0 Å². The second kappa shape index (κ2) is 4.86. The zero-order valence-electron chi connectivity index (χ0n) is 10.5. The monoisotopic (exact) mass is 267 g/mol. The molecular formula is C16H13NOS. The summed E-state index contributed by atoms with van der Waals surface area (Å²) in [5.74, 6) is 0.807. The van der Waals surface area contributed by atoms with E-state index in [0.29, 0.717) is 4.64 Å². The Kier molecular flexibility index (Phi) is 3.05. The highest BCUT2D eigenvalue weighted by atomic mass is 32.1. The fourth-order valence-corrected chi connectivity index (χ4v) is 2.50. The minimum Gasteiger partial charge on any atom is -0.495 e. The number of ether oxygens (including phenoxy) is 1. The van der Waals surface area contributed by atoms with E-state index in [4.69, 9.17) is 17.0 Å². The van der Waals surface area contributed by atoms with Gasteiger partial charge >= 0.3 is 0 Å². The van der Waals surface area contributed by atoms with Crippen LogP contribution >= 0.6 is 12.2 Å². The highest BCUT2D eigenvalue weighted by Crippen LogP contribution is 2.32. The van der Waals surface area contributed by atoms with E-state index in [9.17, 15) is 0 Å². The van der Waals surface area contributed by atoms with Crippen molar-refractivity contribution in [3.63, 3.8) is 0 Å². The van der Waals surface area contributed by atoms with Crippen molar-refractivity contribution >= 4 is 23.1 Å². The fraction of sp³-hybridized carbons (Fsp3) is 0.0625. The lowest BCUT2D eigenvalue weighted by Gasteiger charge is -2.10. The van der Waals surface area contributed by atoms with E-state index >= 15 is 0 Å². The molecule has 0 spiro atoms. The smallest absolute Gasteiger partial charge is 0.142 e. The summed E-state index contributed by atoms with van der Waals surface area (Å²) in [5.41, 5.74) is 3.22. The van der Waals surface area contributed by atoms with Crippen LogP contribution in [0.1, 0.15) is 0 Å². The second-order valence-corrected chi connectivity index (χ2v) is 4.74. The summed E-state index contributed by atoms with van der Waals surface area (Å²) in [7, 11) is 1.67. The Balaban J connectivity index is 2.40. The zero-order chi connectivity index (χ0) is 13.2. The van der Waals surface area contributed by atoms with E-state index in [-0.39, 0.29) is 0 Å². The Bertz CT molecular complexity index is 778. The molecule has 0 aliphatic rings. The Hall–Kier alpha value is -2.13. The molecule has 2 aromatic carbocycles. The fourth-order valence-electron chi connectivity index (χ4n) is 2.28. The second-order valence-electron chi connectivity index (χ2n) is 4.30. The van der Waals surface area contributed by atoms with Crippen LogP contribution in [0.4, 0.5) is 0 Å². The normalized spacial score (nSPS) is 10.6. The van der Waals surface area contributed by atoms with Crippen LogP contribution in [-0.4, -0.2) is 12.1 Å². The van der Waals surface area contributed by atoms with Gasteiger partial charge in [0.1, 0.15) is 10.4 Å². The molecule has 0 unspecified atom stereocenters. The number of hydrogen-bond donors (Lipinski definition) is 1. The Morgan fingerprint density at radius 3 is 2.53 bits per heavy atom. The van der Waals surface area contributed by atoms with Gasteiger partial charge in [-0.2, -0.15) is 0 Å². The van der Waals surface area contributed by atoms with E-state index in [1.165, 1.54) is 0 Å². The number of methoxy groups -OCH3 is 1. The first kappa shape index (κ1) is 11.9. The third kappa shape index (κ3) is 2.13. The third-order valence-corrected chi connectivity index (χ3v) is 3.36. The van der Waals surface area contributed by atoms with Crippen molar-refractivity contribution in [2.24, 2.45) is 0 Å². The minimum absolute atomic E-state index is 0.704. The molecular weight excluding hydrogens is 254 g/mol. The molecule has 0 atom stereocenters. The standard InChI is InChI=1S/C16H13NOS/c1-18-14-9-5-8-12-13(10-15(19)17-16(12)14)11-6-3-2-4-7-11/h2-10H,1H3,(H,17,19). The molecule has 1 heterocycles. The Morgan fingerprint density at radius 2 is 1.79 bits per heavy atom. The van der Waals surface area contributed by atoms with E-state index < -0.39 is 0 Å². The van der Waals surface area contributed by atoms with Crippen LogP contribution < -0.4 is 4.74 Å². The molecule has 0 bridgehead atoms. The number of para-hydroxylation sites is 1. The van der Waals surface area contributed by atoms with E-state index in [1.54, 1.807) is 7.11 Å². The zero-order valence-corrected chi connectivity index (χ0v) is 11.3. The summed E-state index contributed by atoms with van der Waals surface area (Å²) < 4.78 is 6.10. The molecule has 0 amide bonds. The summed E-state index contributed by atoms with van der Waals surface area (Å²) in [6.45, 7) is 0. The van der Waals surface area contributed by atoms with Gasteiger partial charge in [0.15, 0.2) is 0 Å². The van der Waals surface area contributed by atoms with Gasteiger partial charge < -0.3 is 9.72 Å². The maximum Gasteiger partial charge on any atom is 0.142 e. The van der Waals surface area contributed by atoms with Crippen LogP contribution in [0.3, 0.4) is 0 Å². The molecule has 0 saturated heterocycles. The number of aromatic amines is 1. The largest absolute Gasteiger partial charge is 0.495 e. The van der Waals surface area contributed by atoms with Crippen LogP contribution in [-0.2, 0) is 0 Å². The number of H-pyrrole nitrogens is 1. The quantitative estimate of drug-likeness (QED) is 0.688. The average Bonchev–Trinajstić information content (AvgIpc) is 2.46. The Labute approximate surface area is 116 Å². The van der Waals surface area contributed by atoms with Gasteiger partial charge in [-0.25, -0.2) is 0 Å². The van der Waals surface area contributed by atoms with Crippen molar-refractivity contribution in [1.29, 1.82) is 0 Å². The van der Waals surface area contributed by atoms with Gasteiger partial charge in [-0.05, 0) is 23.3 Å². The van der Waals surface area contributed by atoms with Crippen molar-refractivity contribution < 1.29 is 4.74 Å². The first-order chi connectivity index (χ1) is 9.29. The number of hydrogen-bond acceptors (Lipinski definition) is 2. The predicted molar refractivity (Wildman–Crippen MR) is 81.1 cm³/mol. The summed E-state index contributed by atoms with van der Waals surface area (Å²) >= 11 is 5.32. The molecule has 0 radical (unpaired) electrons. The van der Waals surface area contributed by atoms with Gasteiger partial charge in [-0.15, -0.1) is 0 Å². The van der Waals surface area contributed by atoms with Gasteiger partial charge in [-0.3, -0.25) is 0 Å². The molecule has 0 saturated carbocycles. The van der Waals surface area contributed by atoms with Crippen LogP contribution in [0, 0.1) is 4.64 Å². The van der Waals surface area contributed by atoms with Gasteiger partial charge in [0.25, 0.3) is 0 Å². The van der Waals surface area contributed by atoms with Crippen LogP contribution in [0.5, 0.6) is 5.75 Å². The maximum atomic E-state index is 5.40. The molecule has 0 fully saturated rings. The number of benzene rings is 2. The van der Waals surface area contributed by atoms with Gasteiger partial charge in [-0.1, -0.05) is 54.7 Å².